The van der Waals surface area contributed by atoms with Gasteiger partial charge in [-0.25, -0.2) is 21.9 Å². The first-order valence-electron chi connectivity index (χ1n) is 6.55. The molecule has 1 aromatic carbocycles. The van der Waals surface area contributed by atoms with Gasteiger partial charge < -0.3 is 5.11 Å². The highest BCUT2D eigenvalue weighted by Crippen LogP contribution is 2.24. The lowest BCUT2D eigenvalue weighted by molar-refractivity contribution is 0.131. The van der Waals surface area contributed by atoms with E-state index in [9.17, 15) is 22.3 Å². The third kappa shape index (κ3) is 4.73. The maximum atomic E-state index is 13.8. The molecule has 0 aliphatic carbocycles. The number of nitrogens with one attached hydrogen (secondary N) is 1. The number of nitrogens with zero attached hydrogens (tertiary/aromatic N) is 1. The predicted octanol–water partition coefficient (Wildman–Crippen LogP) is 1.91. The second-order valence-electron chi connectivity index (χ2n) is 5.92. The van der Waals surface area contributed by atoms with Crippen LogP contribution in [0.15, 0.2) is 17.0 Å². The van der Waals surface area contributed by atoms with Crippen LogP contribution in [0.1, 0.15) is 32.8 Å². The zero-order valence-electron chi connectivity index (χ0n) is 12.5. The van der Waals surface area contributed by atoms with Crippen LogP contribution in [-0.2, 0) is 10.0 Å². The van der Waals surface area contributed by atoms with E-state index in [1.54, 1.807) is 26.8 Å². The fourth-order valence-corrected chi connectivity index (χ4v) is 3.47. The van der Waals surface area contributed by atoms with Crippen LogP contribution in [0, 0.1) is 28.4 Å². The molecule has 0 amide bonds. The summed E-state index contributed by atoms with van der Waals surface area (Å²) >= 11 is 0. The van der Waals surface area contributed by atoms with Crippen molar-refractivity contribution < 1.29 is 22.3 Å². The zero-order chi connectivity index (χ0) is 17.1. The van der Waals surface area contributed by atoms with E-state index in [0.717, 1.165) is 0 Å². The molecule has 0 saturated heterocycles. The second-order valence-corrected chi connectivity index (χ2v) is 7.63. The number of hydrogen-bond acceptors (Lipinski definition) is 4. The molecule has 0 aliphatic heterocycles. The fourth-order valence-electron chi connectivity index (χ4n) is 2.12. The van der Waals surface area contributed by atoms with Crippen molar-refractivity contribution in [3.63, 3.8) is 0 Å². The lowest BCUT2D eigenvalue weighted by atomic mass is 9.87. The quantitative estimate of drug-likeness (QED) is 0.832. The van der Waals surface area contributed by atoms with Crippen LogP contribution < -0.4 is 4.72 Å². The lowest BCUT2D eigenvalue weighted by Gasteiger charge is -2.26. The van der Waals surface area contributed by atoms with Crippen molar-refractivity contribution in [2.75, 3.05) is 6.54 Å². The molecule has 0 spiro atoms. The Morgan fingerprint density at radius 2 is 1.86 bits per heavy atom. The highest BCUT2D eigenvalue weighted by Gasteiger charge is 2.28. The largest absolute Gasteiger partial charge is 0.393 e. The Kier molecular flexibility index (Phi) is 5.62. The molecule has 1 atom stereocenters. The highest BCUT2D eigenvalue weighted by molar-refractivity contribution is 7.89. The van der Waals surface area contributed by atoms with Gasteiger partial charge in [0.1, 0.15) is 11.6 Å². The molecule has 1 aromatic rings. The number of nitriles is 1. The number of aliphatic hydroxyl groups is 1. The number of sulfonamides is 1. The van der Waals surface area contributed by atoms with Crippen molar-refractivity contribution in [1.29, 1.82) is 5.26 Å². The summed E-state index contributed by atoms with van der Waals surface area (Å²) in [6.07, 6.45) is -0.323. The normalized spacial score (nSPS) is 13.7. The van der Waals surface area contributed by atoms with Crippen molar-refractivity contribution >= 4 is 10.0 Å². The molecule has 0 aliphatic rings. The molecule has 0 saturated carbocycles. The van der Waals surface area contributed by atoms with Crippen LogP contribution in [0.4, 0.5) is 8.78 Å². The van der Waals surface area contributed by atoms with Gasteiger partial charge in [0, 0.05) is 6.54 Å². The number of hydrogen-bond donors (Lipinski definition) is 2. The first kappa shape index (κ1) is 18.5. The van der Waals surface area contributed by atoms with Crippen LogP contribution in [0.5, 0.6) is 0 Å². The topological polar surface area (TPSA) is 90.2 Å². The smallest absolute Gasteiger partial charge is 0.246 e. The molecule has 8 heteroatoms. The molecule has 2 N–H and O–H groups in total. The minimum atomic E-state index is -4.41. The Bertz CT molecular complexity index is 672. The predicted molar refractivity (Wildman–Crippen MR) is 76.3 cm³/mol. The Hall–Kier alpha value is -1.56. The van der Waals surface area contributed by atoms with Crippen LogP contribution in [-0.4, -0.2) is 26.2 Å². The standard InChI is InChI=1S/C14H18F2N2O3S/c1-9(19)6-14(2,3)8-18-22(20,21)13-11(15)4-10(7-17)5-12(13)16/h4-5,9,18-19H,6,8H2,1-3H3/t9-/m1/s1. The van der Waals surface area contributed by atoms with Crippen molar-refractivity contribution in [2.24, 2.45) is 5.41 Å². The third-order valence-electron chi connectivity index (χ3n) is 2.98. The van der Waals surface area contributed by atoms with Crippen LogP contribution in [0.2, 0.25) is 0 Å². The molecule has 0 heterocycles. The summed E-state index contributed by atoms with van der Waals surface area (Å²) in [4.78, 5) is -1.11. The zero-order valence-corrected chi connectivity index (χ0v) is 13.3. The van der Waals surface area contributed by atoms with Crippen molar-refractivity contribution in [3.05, 3.63) is 29.3 Å². The average Bonchev–Trinajstić information content (AvgIpc) is 2.34. The SMILES string of the molecule is C[C@@H](O)CC(C)(C)CNS(=O)(=O)c1c(F)cc(C#N)cc1F. The van der Waals surface area contributed by atoms with Gasteiger partial charge in [0.2, 0.25) is 10.0 Å². The van der Waals surface area contributed by atoms with Crippen molar-refractivity contribution in [1.82, 2.24) is 4.72 Å². The molecule has 5 nitrogen and oxygen atoms in total. The van der Waals surface area contributed by atoms with Gasteiger partial charge in [0.05, 0.1) is 17.7 Å². The van der Waals surface area contributed by atoms with E-state index in [1.807, 2.05) is 0 Å². The molecule has 1 rings (SSSR count). The summed E-state index contributed by atoms with van der Waals surface area (Å²) in [5, 5.41) is 18.0. The molecule has 0 bridgehead atoms. The van der Waals surface area contributed by atoms with E-state index in [4.69, 9.17) is 5.26 Å². The number of halogens is 2. The Morgan fingerprint density at radius 3 is 2.27 bits per heavy atom. The van der Waals surface area contributed by atoms with Crippen molar-refractivity contribution in [3.8, 4) is 6.07 Å². The third-order valence-corrected chi connectivity index (χ3v) is 4.44. The van der Waals surface area contributed by atoms with E-state index in [-0.39, 0.29) is 12.1 Å². The van der Waals surface area contributed by atoms with Gasteiger partial charge in [0.15, 0.2) is 4.90 Å². The van der Waals surface area contributed by atoms with Gasteiger partial charge in [-0.2, -0.15) is 5.26 Å². The lowest BCUT2D eigenvalue weighted by Crippen LogP contribution is -2.36. The summed E-state index contributed by atoms with van der Waals surface area (Å²) in [7, 11) is -4.41. The first-order chi connectivity index (χ1) is 9.98. The van der Waals surface area contributed by atoms with Gasteiger partial charge >= 0.3 is 0 Å². The fraction of sp³-hybridized carbons (Fsp3) is 0.500. The minimum absolute atomic E-state index is 0.0981. The van der Waals surface area contributed by atoms with E-state index >= 15 is 0 Å². The molecule has 0 aromatic heterocycles. The van der Waals surface area contributed by atoms with Gasteiger partial charge in [-0.1, -0.05) is 13.8 Å². The second kappa shape index (κ2) is 6.69. The molecule has 122 valence electrons. The Labute approximate surface area is 128 Å². The Morgan fingerprint density at radius 1 is 1.36 bits per heavy atom. The van der Waals surface area contributed by atoms with Crippen LogP contribution in [0.25, 0.3) is 0 Å². The first-order valence-corrected chi connectivity index (χ1v) is 8.04. The highest BCUT2D eigenvalue weighted by atomic mass is 32.2. The molecule has 22 heavy (non-hydrogen) atoms. The molecular weight excluding hydrogens is 314 g/mol. The van der Waals surface area contributed by atoms with Crippen LogP contribution >= 0.6 is 0 Å². The average molecular weight is 332 g/mol. The maximum absolute atomic E-state index is 13.8. The summed E-state index contributed by atoms with van der Waals surface area (Å²) in [6.45, 7) is 4.90. The van der Waals surface area contributed by atoms with E-state index in [1.165, 1.54) is 0 Å². The van der Waals surface area contributed by atoms with E-state index in [2.05, 4.69) is 4.72 Å². The number of benzene rings is 1. The summed E-state index contributed by atoms with van der Waals surface area (Å²) in [5.41, 5.74) is -0.899. The number of rotatable bonds is 6. The summed E-state index contributed by atoms with van der Waals surface area (Å²) in [5.74, 6) is -2.64. The molecule has 0 fully saturated rings. The molecule has 0 radical (unpaired) electrons. The Balaban J connectivity index is 3.04. The van der Waals surface area contributed by atoms with Gasteiger partial charge in [-0.15, -0.1) is 0 Å². The monoisotopic (exact) mass is 332 g/mol. The summed E-state index contributed by atoms with van der Waals surface area (Å²) < 4.78 is 53.8. The molecular formula is C14H18F2N2O3S. The maximum Gasteiger partial charge on any atom is 0.246 e. The molecule has 0 unspecified atom stereocenters. The minimum Gasteiger partial charge on any atom is -0.393 e. The van der Waals surface area contributed by atoms with Gasteiger partial charge in [0.25, 0.3) is 0 Å². The van der Waals surface area contributed by atoms with E-state index < -0.39 is 38.1 Å². The van der Waals surface area contributed by atoms with Gasteiger partial charge in [-0.3, -0.25) is 0 Å². The van der Waals surface area contributed by atoms with E-state index in [0.29, 0.717) is 18.6 Å². The summed E-state index contributed by atoms with van der Waals surface area (Å²) in [6, 6.07) is 2.87. The number of aliphatic hydroxyl groups excluding tert-OH is 1. The van der Waals surface area contributed by atoms with Crippen molar-refractivity contribution in [2.45, 2.75) is 38.2 Å². The van der Waals surface area contributed by atoms with Gasteiger partial charge in [-0.05, 0) is 30.9 Å². The van der Waals surface area contributed by atoms with Crippen LogP contribution in [0.3, 0.4) is 0 Å².